The molecule has 0 aliphatic heterocycles. The molecule has 2 rings (SSSR count). The average Bonchev–Trinajstić information content (AvgIpc) is 2.93. The fourth-order valence-corrected chi connectivity index (χ4v) is 4.75. The fourth-order valence-electron chi connectivity index (χ4n) is 4.48. The number of hydrogen-bond donors (Lipinski definition) is 3. The highest BCUT2D eigenvalue weighted by atomic mass is 35.5. The van der Waals surface area contributed by atoms with Crippen LogP contribution >= 0.6 is 11.6 Å². The van der Waals surface area contributed by atoms with E-state index in [0.29, 0.717) is 28.3 Å². The molecule has 0 radical (unpaired) electrons. The number of aliphatic hydroxyl groups is 1. The number of amides is 3. The van der Waals surface area contributed by atoms with Crippen molar-refractivity contribution in [3.8, 4) is 12.3 Å². The van der Waals surface area contributed by atoms with E-state index in [4.69, 9.17) is 22.8 Å². The van der Waals surface area contributed by atoms with E-state index in [9.17, 15) is 19.5 Å². The number of aryl methyl sites for hydroxylation is 1. The number of hydrogen-bond acceptors (Lipinski definition) is 5. The number of halogens is 1. The Kier molecular flexibility index (Phi) is 13.9. The lowest BCUT2D eigenvalue weighted by Gasteiger charge is -2.34. The van der Waals surface area contributed by atoms with Crippen LogP contribution in [-0.4, -0.2) is 52.7 Å². The van der Waals surface area contributed by atoms with Gasteiger partial charge in [0.15, 0.2) is 0 Å². The van der Waals surface area contributed by atoms with Crippen molar-refractivity contribution in [2.24, 2.45) is 0 Å². The van der Waals surface area contributed by atoms with Crippen molar-refractivity contribution in [1.29, 1.82) is 0 Å². The van der Waals surface area contributed by atoms with Crippen LogP contribution in [0.4, 0.5) is 10.5 Å². The van der Waals surface area contributed by atoms with Gasteiger partial charge in [-0.3, -0.25) is 9.59 Å². The van der Waals surface area contributed by atoms with Gasteiger partial charge in [-0.2, -0.15) is 0 Å². The van der Waals surface area contributed by atoms with Crippen molar-refractivity contribution < 1.29 is 24.2 Å². The summed E-state index contributed by atoms with van der Waals surface area (Å²) >= 11 is 6.42. The lowest BCUT2D eigenvalue weighted by atomic mass is 10.00. The van der Waals surface area contributed by atoms with E-state index >= 15 is 0 Å². The molecule has 0 spiro atoms. The Labute approximate surface area is 255 Å². The molecule has 2 aromatic rings. The summed E-state index contributed by atoms with van der Waals surface area (Å²) in [6.07, 6.45) is 10.5. The van der Waals surface area contributed by atoms with E-state index in [1.165, 1.54) is 4.90 Å². The standard InChI is InChI=1S/C33H44ClN3O5/c1-7-9-10-11-12-13-21-37(31(40)27(22-38)35-32(41)42-33(4,5)6)29(25-19-17-24(8-2)18-20-25)30(39)36-28-23(3)15-14-16-26(28)34/h2,14-20,27,29,38H,7,9-13,21-22H2,1,3-6H3,(H,35,41)(H,36,39). The highest BCUT2D eigenvalue weighted by Crippen LogP contribution is 2.30. The van der Waals surface area contributed by atoms with Crippen molar-refractivity contribution >= 4 is 35.2 Å². The summed E-state index contributed by atoms with van der Waals surface area (Å²) in [6.45, 7) is 8.60. The SMILES string of the molecule is C#Cc1ccc(C(C(=O)Nc2c(C)cccc2Cl)N(CCCCCCCC)C(=O)C(CO)NC(=O)OC(C)(C)C)cc1. The van der Waals surface area contributed by atoms with Gasteiger partial charge in [-0.25, -0.2) is 4.79 Å². The summed E-state index contributed by atoms with van der Waals surface area (Å²) in [4.78, 5) is 42.0. The molecule has 0 saturated carbocycles. The van der Waals surface area contributed by atoms with E-state index in [2.05, 4.69) is 23.5 Å². The van der Waals surface area contributed by atoms with Gasteiger partial charge < -0.3 is 25.4 Å². The van der Waals surface area contributed by atoms with Gasteiger partial charge in [0.2, 0.25) is 5.91 Å². The second-order valence-corrected chi connectivity index (χ2v) is 11.7. The Morgan fingerprint density at radius 3 is 2.26 bits per heavy atom. The third-order valence-electron chi connectivity index (χ3n) is 6.63. The first kappa shape index (κ1) is 34.7. The number of carbonyl (C=O) groups excluding carboxylic acids is 3. The van der Waals surface area contributed by atoms with Gasteiger partial charge >= 0.3 is 6.09 Å². The van der Waals surface area contributed by atoms with Crippen LogP contribution in [0.3, 0.4) is 0 Å². The number of unbranched alkanes of at least 4 members (excludes halogenated alkanes) is 5. The number of rotatable bonds is 14. The normalized spacial score (nSPS) is 12.5. The van der Waals surface area contributed by atoms with Crippen LogP contribution in [0.15, 0.2) is 42.5 Å². The van der Waals surface area contributed by atoms with E-state index in [1.807, 2.05) is 13.0 Å². The summed E-state index contributed by atoms with van der Waals surface area (Å²) in [5.74, 6) is 1.45. The topological polar surface area (TPSA) is 108 Å². The molecule has 2 atom stereocenters. The molecular weight excluding hydrogens is 554 g/mol. The molecule has 2 unspecified atom stereocenters. The van der Waals surface area contributed by atoms with Crippen LogP contribution in [0.25, 0.3) is 0 Å². The Morgan fingerprint density at radius 1 is 1.05 bits per heavy atom. The summed E-state index contributed by atoms with van der Waals surface area (Å²) in [7, 11) is 0. The second kappa shape index (κ2) is 16.8. The summed E-state index contributed by atoms with van der Waals surface area (Å²) in [5.41, 5.74) is 1.52. The second-order valence-electron chi connectivity index (χ2n) is 11.3. The number of aliphatic hydroxyl groups excluding tert-OH is 1. The largest absolute Gasteiger partial charge is 0.444 e. The number of ether oxygens (including phenoxy) is 1. The van der Waals surface area contributed by atoms with E-state index in [0.717, 1.165) is 37.7 Å². The third kappa shape index (κ3) is 10.7. The molecule has 228 valence electrons. The Bertz CT molecular complexity index is 1210. The van der Waals surface area contributed by atoms with Crippen molar-refractivity contribution in [2.75, 3.05) is 18.5 Å². The third-order valence-corrected chi connectivity index (χ3v) is 6.95. The van der Waals surface area contributed by atoms with E-state index in [1.54, 1.807) is 57.2 Å². The lowest BCUT2D eigenvalue weighted by molar-refractivity contribution is -0.141. The van der Waals surface area contributed by atoms with Gasteiger partial charge in [-0.1, -0.05) is 80.8 Å². The van der Waals surface area contributed by atoms with Crippen molar-refractivity contribution in [2.45, 2.75) is 90.8 Å². The average molecular weight is 598 g/mol. The van der Waals surface area contributed by atoms with Crippen LogP contribution in [0.5, 0.6) is 0 Å². The highest BCUT2D eigenvalue weighted by molar-refractivity contribution is 6.34. The minimum atomic E-state index is -1.33. The molecule has 8 nitrogen and oxygen atoms in total. The number of para-hydroxylation sites is 1. The van der Waals surface area contributed by atoms with Gasteiger partial charge in [-0.15, -0.1) is 6.42 Å². The summed E-state index contributed by atoms with van der Waals surface area (Å²) < 4.78 is 5.31. The molecule has 0 saturated heterocycles. The molecule has 0 aliphatic carbocycles. The monoisotopic (exact) mass is 597 g/mol. The number of benzene rings is 2. The Morgan fingerprint density at radius 2 is 1.69 bits per heavy atom. The fraction of sp³-hybridized carbons (Fsp3) is 0.485. The Balaban J connectivity index is 2.51. The molecule has 0 aromatic heterocycles. The predicted molar refractivity (Wildman–Crippen MR) is 167 cm³/mol. The number of anilines is 1. The molecule has 0 heterocycles. The summed E-state index contributed by atoms with van der Waals surface area (Å²) in [6, 6.07) is 9.65. The molecule has 9 heteroatoms. The number of terminal acetylenes is 1. The first-order valence-electron chi connectivity index (χ1n) is 14.4. The van der Waals surface area contributed by atoms with Gasteiger partial charge in [0.25, 0.3) is 5.91 Å². The zero-order valence-corrected chi connectivity index (χ0v) is 26.1. The van der Waals surface area contributed by atoms with Crippen LogP contribution in [0, 0.1) is 19.3 Å². The predicted octanol–water partition coefficient (Wildman–Crippen LogP) is 6.38. The van der Waals surface area contributed by atoms with E-state index < -0.39 is 42.2 Å². The van der Waals surface area contributed by atoms with Crippen LogP contribution < -0.4 is 10.6 Å². The molecule has 3 N–H and O–H groups in total. The van der Waals surface area contributed by atoms with Crippen LogP contribution in [0.2, 0.25) is 5.02 Å². The number of nitrogens with zero attached hydrogens (tertiary/aromatic N) is 1. The zero-order chi connectivity index (χ0) is 31.3. The van der Waals surface area contributed by atoms with Crippen molar-refractivity contribution in [3.05, 3.63) is 64.2 Å². The van der Waals surface area contributed by atoms with Crippen molar-refractivity contribution in [3.63, 3.8) is 0 Å². The highest BCUT2D eigenvalue weighted by Gasteiger charge is 2.36. The van der Waals surface area contributed by atoms with E-state index in [-0.39, 0.29) is 6.54 Å². The van der Waals surface area contributed by atoms with Gasteiger partial charge in [0.1, 0.15) is 17.7 Å². The maximum Gasteiger partial charge on any atom is 0.408 e. The van der Waals surface area contributed by atoms with Crippen molar-refractivity contribution in [1.82, 2.24) is 10.2 Å². The zero-order valence-electron chi connectivity index (χ0n) is 25.3. The maximum atomic E-state index is 14.0. The molecule has 42 heavy (non-hydrogen) atoms. The first-order chi connectivity index (χ1) is 19.9. The quantitative estimate of drug-likeness (QED) is 0.173. The van der Waals surface area contributed by atoms with Gasteiger partial charge in [0, 0.05) is 12.1 Å². The van der Waals surface area contributed by atoms with Gasteiger partial charge in [-0.05, 0) is 63.4 Å². The molecule has 0 fully saturated rings. The minimum Gasteiger partial charge on any atom is -0.444 e. The number of nitrogens with one attached hydrogen (secondary N) is 2. The van der Waals surface area contributed by atoms with Gasteiger partial charge in [0.05, 0.1) is 17.3 Å². The lowest BCUT2D eigenvalue weighted by Crippen LogP contribution is -2.54. The minimum absolute atomic E-state index is 0.216. The van der Waals surface area contributed by atoms with Crippen LogP contribution in [-0.2, 0) is 14.3 Å². The Hall–Kier alpha value is -3.54. The maximum absolute atomic E-state index is 14.0. The molecule has 2 aromatic carbocycles. The van der Waals surface area contributed by atoms with Crippen LogP contribution in [0.1, 0.15) is 89.0 Å². The molecule has 0 aliphatic rings. The summed E-state index contributed by atoms with van der Waals surface area (Å²) in [5, 5.41) is 15.9. The molecular formula is C33H44ClN3O5. The number of alkyl carbamates (subject to hydrolysis) is 1. The first-order valence-corrected chi connectivity index (χ1v) is 14.8. The molecule has 0 bridgehead atoms. The smallest absolute Gasteiger partial charge is 0.408 e. The number of carbonyl (C=O) groups is 3. The molecule has 3 amide bonds.